The minimum atomic E-state index is -0.479. The predicted octanol–water partition coefficient (Wildman–Crippen LogP) is 3.62. The van der Waals surface area contributed by atoms with Crippen LogP contribution in [0.4, 0.5) is 4.79 Å². The Balaban J connectivity index is 1.91. The van der Waals surface area contributed by atoms with E-state index >= 15 is 0 Å². The van der Waals surface area contributed by atoms with Crippen LogP contribution in [0, 0.1) is 13.8 Å². The van der Waals surface area contributed by atoms with Gasteiger partial charge in [-0.2, -0.15) is 0 Å². The summed E-state index contributed by atoms with van der Waals surface area (Å²) in [5, 5.41) is 4.75. The molecule has 0 aliphatic carbocycles. The number of unbranched alkanes of at least 4 members (excludes halogenated alkanes) is 1. The normalized spacial score (nSPS) is 15.6. The van der Waals surface area contributed by atoms with E-state index < -0.39 is 11.9 Å². The van der Waals surface area contributed by atoms with Gasteiger partial charge in [-0.25, -0.2) is 4.79 Å². The minimum Gasteiger partial charge on any atom is -0.318 e. The number of nitrogens with one attached hydrogen (secondary N) is 2. The number of rotatable bonds is 5. The largest absolute Gasteiger partial charge is 0.326 e. The molecule has 1 saturated heterocycles. The Labute approximate surface area is 147 Å². The Morgan fingerprint density at radius 3 is 2.40 bits per heavy atom. The summed E-state index contributed by atoms with van der Waals surface area (Å²) < 4.78 is 2.16. The van der Waals surface area contributed by atoms with Crippen molar-refractivity contribution >= 4 is 18.0 Å². The maximum atomic E-state index is 11.7. The Bertz CT molecular complexity index is 845. The van der Waals surface area contributed by atoms with Gasteiger partial charge in [0.15, 0.2) is 0 Å². The van der Waals surface area contributed by atoms with Crippen LogP contribution in [0.2, 0.25) is 0 Å². The Morgan fingerprint density at radius 1 is 1.08 bits per heavy atom. The van der Waals surface area contributed by atoms with E-state index in [-0.39, 0.29) is 5.70 Å². The quantitative estimate of drug-likeness (QED) is 0.646. The summed E-state index contributed by atoms with van der Waals surface area (Å²) in [5.74, 6) is -0.393. The number of hydrogen-bond acceptors (Lipinski definition) is 2. The van der Waals surface area contributed by atoms with Gasteiger partial charge in [0.1, 0.15) is 5.70 Å². The van der Waals surface area contributed by atoms with Crippen molar-refractivity contribution in [2.45, 2.75) is 40.0 Å². The first kappa shape index (κ1) is 17.0. The second-order valence-electron chi connectivity index (χ2n) is 6.40. The highest BCUT2D eigenvalue weighted by atomic mass is 16.2. The zero-order valence-electron chi connectivity index (χ0n) is 14.8. The first-order valence-electron chi connectivity index (χ1n) is 8.62. The van der Waals surface area contributed by atoms with E-state index in [0.717, 1.165) is 29.1 Å². The van der Waals surface area contributed by atoms with Crippen LogP contribution in [0.3, 0.4) is 0 Å². The second-order valence-corrected chi connectivity index (χ2v) is 6.40. The number of imide groups is 1. The van der Waals surface area contributed by atoms with Crippen molar-refractivity contribution in [3.8, 4) is 5.69 Å². The predicted molar refractivity (Wildman–Crippen MR) is 98.5 cm³/mol. The average molecular weight is 337 g/mol. The lowest BCUT2D eigenvalue weighted by molar-refractivity contribution is -0.115. The van der Waals surface area contributed by atoms with Crippen molar-refractivity contribution in [3.05, 3.63) is 58.5 Å². The van der Waals surface area contributed by atoms with Crippen LogP contribution in [-0.4, -0.2) is 16.5 Å². The molecule has 2 aromatic rings. The number of amides is 3. The lowest BCUT2D eigenvalue weighted by Crippen LogP contribution is -2.22. The van der Waals surface area contributed by atoms with Crippen molar-refractivity contribution in [3.63, 3.8) is 0 Å². The topological polar surface area (TPSA) is 63.1 Å². The summed E-state index contributed by atoms with van der Waals surface area (Å²) in [6.07, 6.45) is 5.22. The van der Waals surface area contributed by atoms with Gasteiger partial charge in [-0.3, -0.25) is 10.1 Å². The summed E-state index contributed by atoms with van der Waals surface area (Å²) in [7, 11) is 0. The number of carbonyl (C=O) groups excluding carboxylic acids is 2. The molecule has 5 heteroatoms. The lowest BCUT2D eigenvalue weighted by Gasteiger charge is -2.11. The molecule has 130 valence electrons. The maximum Gasteiger partial charge on any atom is 0.326 e. The fourth-order valence-electron chi connectivity index (χ4n) is 3.16. The van der Waals surface area contributed by atoms with E-state index in [2.05, 4.69) is 46.4 Å². The smallest absolute Gasteiger partial charge is 0.318 e. The standard InChI is InChI=1S/C20H23N3O2/c1-4-5-6-15-7-9-17(10-8-15)23-13(2)11-16(14(23)3)12-18-19(24)22-20(25)21-18/h7-12H,4-6H2,1-3H3,(H2,21,22,24,25). The fraction of sp³-hybridized carbons (Fsp3) is 0.300. The number of hydrogen-bond donors (Lipinski definition) is 2. The molecule has 0 unspecified atom stereocenters. The van der Waals surface area contributed by atoms with Crippen molar-refractivity contribution in [1.29, 1.82) is 0 Å². The molecule has 1 aromatic carbocycles. The summed E-state index contributed by atoms with van der Waals surface area (Å²) in [5.41, 5.74) is 5.75. The molecule has 0 spiro atoms. The molecule has 0 saturated carbocycles. The van der Waals surface area contributed by atoms with E-state index in [1.807, 2.05) is 19.9 Å². The number of urea groups is 1. The summed E-state index contributed by atoms with van der Waals surface area (Å²) in [4.78, 5) is 23.0. The molecule has 0 atom stereocenters. The molecule has 0 bridgehead atoms. The van der Waals surface area contributed by atoms with Crippen LogP contribution in [0.15, 0.2) is 36.0 Å². The molecular weight excluding hydrogens is 314 g/mol. The van der Waals surface area contributed by atoms with Gasteiger partial charge >= 0.3 is 6.03 Å². The van der Waals surface area contributed by atoms with Gasteiger partial charge < -0.3 is 9.88 Å². The first-order chi connectivity index (χ1) is 12.0. The Hall–Kier alpha value is -2.82. The van der Waals surface area contributed by atoms with Crippen molar-refractivity contribution in [1.82, 2.24) is 15.2 Å². The molecule has 1 fully saturated rings. The highest BCUT2D eigenvalue weighted by Gasteiger charge is 2.23. The van der Waals surface area contributed by atoms with Crippen LogP contribution >= 0.6 is 0 Å². The van der Waals surface area contributed by atoms with E-state index in [0.29, 0.717) is 0 Å². The minimum absolute atomic E-state index is 0.278. The van der Waals surface area contributed by atoms with E-state index in [4.69, 9.17) is 0 Å². The van der Waals surface area contributed by atoms with E-state index in [1.54, 1.807) is 6.08 Å². The van der Waals surface area contributed by atoms with Crippen LogP contribution < -0.4 is 10.6 Å². The van der Waals surface area contributed by atoms with Crippen molar-refractivity contribution in [2.75, 3.05) is 0 Å². The van der Waals surface area contributed by atoms with E-state index in [9.17, 15) is 9.59 Å². The lowest BCUT2D eigenvalue weighted by atomic mass is 10.1. The molecule has 1 aliphatic rings. The van der Waals surface area contributed by atoms with Crippen molar-refractivity contribution < 1.29 is 9.59 Å². The molecule has 3 amide bonds. The summed E-state index contributed by atoms with van der Waals surface area (Å²) in [6, 6.07) is 10.1. The number of nitrogens with zero attached hydrogens (tertiary/aromatic N) is 1. The molecule has 2 N–H and O–H groups in total. The number of carbonyl (C=O) groups is 2. The SMILES string of the molecule is CCCCc1ccc(-n2c(C)cc(C=C3NC(=O)NC3=O)c2C)cc1. The van der Waals surface area contributed by atoms with Crippen LogP contribution in [0.25, 0.3) is 11.8 Å². The molecular formula is C20H23N3O2. The zero-order chi connectivity index (χ0) is 18.0. The van der Waals surface area contributed by atoms with Gasteiger partial charge in [0.25, 0.3) is 5.91 Å². The molecule has 25 heavy (non-hydrogen) atoms. The van der Waals surface area contributed by atoms with E-state index in [1.165, 1.54) is 18.4 Å². The molecule has 0 radical (unpaired) electrons. The van der Waals surface area contributed by atoms with Crippen LogP contribution in [-0.2, 0) is 11.2 Å². The van der Waals surface area contributed by atoms with Gasteiger partial charge in [0, 0.05) is 17.1 Å². The third-order valence-electron chi connectivity index (χ3n) is 4.50. The highest BCUT2D eigenvalue weighted by molar-refractivity contribution is 6.14. The molecule has 3 rings (SSSR count). The first-order valence-corrected chi connectivity index (χ1v) is 8.62. The number of aromatic nitrogens is 1. The van der Waals surface area contributed by atoms with Crippen LogP contribution in [0.5, 0.6) is 0 Å². The Morgan fingerprint density at radius 2 is 1.80 bits per heavy atom. The number of aryl methyl sites for hydroxylation is 2. The fourth-order valence-corrected chi connectivity index (χ4v) is 3.16. The monoisotopic (exact) mass is 337 g/mol. The van der Waals surface area contributed by atoms with Gasteiger partial charge in [-0.05, 0) is 62.1 Å². The Kier molecular flexibility index (Phi) is 4.74. The van der Waals surface area contributed by atoms with Crippen LogP contribution in [0.1, 0.15) is 42.3 Å². The molecule has 5 nitrogen and oxygen atoms in total. The third kappa shape index (κ3) is 3.50. The van der Waals surface area contributed by atoms with Gasteiger partial charge in [-0.1, -0.05) is 25.5 Å². The summed E-state index contributed by atoms with van der Waals surface area (Å²) in [6.45, 7) is 6.25. The van der Waals surface area contributed by atoms with Gasteiger partial charge in [0.05, 0.1) is 0 Å². The molecule has 1 aliphatic heterocycles. The zero-order valence-corrected chi connectivity index (χ0v) is 14.8. The highest BCUT2D eigenvalue weighted by Crippen LogP contribution is 2.23. The molecule has 1 aromatic heterocycles. The maximum absolute atomic E-state index is 11.7. The summed E-state index contributed by atoms with van der Waals surface area (Å²) >= 11 is 0. The second kappa shape index (κ2) is 6.97. The number of benzene rings is 1. The van der Waals surface area contributed by atoms with Crippen molar-refractivity contribution in [2.24, 2.45) is 0 Å². The van der Waals surface area contributed by atoms with Gasteiger partial charge in [-0.15, -0.1) is 0 Å². The average Bonchev–Trinajstić information content (AvgIpc) is 3.04. The van der Waals surface area contributed by atoms with Gasteiger partial charge in [0.2, 0.25) is 0 Å². The third-order valence-corrected chi connectivity index (χ3v) is 4.50. The molecule has 2 heterocycles.